The Labute approximate surface area is 122 Å². The lowest BCUT2D eigenvalue weighted by Crippen LogP contribution is -1.98. The molecule has 2 rings (SSSR count). The lowest BCUT2D eigenvalue weighted by atomic mass is 10.0. The first-order valence-electron chi connectivity index (χ1n) is 5.08. The van der Waals surface area contributed by atoms with Crippen LogP contribution >= 0.6 is 49.9 Å². The largest absolute Gasteiger partial charge is 0.152 e. The predicted molar refractivity (Wildman–Crippen MR) is 83.6 cm³/mol. The third kappa shape index (κ3) is 2.87. The first-order valence-corrected chi connectivity index (χ1v) is 8.02. The number of halogens is 2. The minimum Gasteiger partial charge on any atom is -0.152 e. The van der Waals surface area contributed by atoms with Gasteiger partial charge in [-0.15, -0.1) is 0 Å². The van der Waals surface area contributed by atoms with E-state index in [1.165, 1.54) is 20.3 Å². The van der Waals surface area contributed by atoms with Crippen LogP contribution < -0.4 is 0 Å². The molecule has 3 heteroatoms. The molecule has 0 N–H and O–H groups in total. The average Bonchev–Trinajstić information content (AvgIpc) is 2.74. The summed E-state index contributed by atoms with van der Waals surface area (Å²) in [7, 11) is 0. The van der Waals surface area contributed by atoms with Crippen LogP contribution in [-0.4, -0.2) is 0 Å². The first-order chi connectivity index (χ1) is 7.68. The van der Waals surface area contributed by atoms with Gasteiger partial charge in [0.1, 0.15) is 0 Å². The minimum atomic E-state index is 0.411. The van der Waals surface area contributed by atoms with Gasteiger partial charge in [0.25, 0.3) is 0 Å². The van der Waals surface area contributed by atoms with Crippen molar-refractivity contribution in [3.8, 4) is 0 Å². The molecule has 0 aliphatic carbocycles. The van der Waals surface area contributed by atoms with Crippen molar-refractivity contribution in [2.24, 2.45) is 0 Å². The zero-order valence-corrected chi connectivity index (χ0v) is 13.5. The lowest BCUT2D eigenvalue weighted by Gasteiger charge is -2.13. The van der Waals surface area contributed by atoms with Crippen LogP contribution in [0.25, 0.3) is 0 Å². The smallest absolute Gasteiger partial charge is 0.0446 e. The zero-order valence-electron chi connectivity index (χ0n) is 8.91. The number of aryl methyl sites for hydroxylation is 1. The van der Waals surface area contributed by atoms with E-state index in [4.69, 9.17) is 0 Å². The molecule has 16 heavy (non-hydrogen) atoms. The van der Waals surface area contributed by atoms with Gasteiger partial charge in [-0.2, -0.15) is 11.3 Å². The number of hydrogen-bond acceptors (Lipinski definition) is 1. The zero-order chi connectivity index (χ0) is 11.5. The molecule has 1 atom stereocenters. The molecule has 0 fully saturated rings. The summed E-state index contributed by atoms with van der Waals surface area (Å²) in [6, 6.07) is 8.70. The first kappa shape index (κ1) is 12.6. The fraction of sp³-hybridized carbons (Fsp3) is 0.231. The number of thiophene rings is 1. The maximum absolute atomic E-state index is 3.79. The maximum atomic E-state index is 3.79. The Bertz CT molecular complexity index is 465. The van der Waals surface area contributed by atoms with E-state index >= 15 is 0 Å². The molecule has 0 spiro atoms. The maximum Gasteiger partial charge on any atom is 0.0446 e. The second kappa shape index (κ2) is 5.65. The van der Waals surface area contributed by atoms with E-state index < -0.39 is 0 Å². The van der Waals surface area contributed by atoms with E-state index in [2.05, 4.69) is 80.5 Å². The van der Waals surface area contributed by atoms with Crippen LogP contribution in [-0.2, 0) is 6.42 Å². The molecule has 2 aromatic rings. The predicted octanol–water partition coefficient (Wildman–Crippen LogP) is 5.34. The van der Waals surface area contributed by atoms with E-state index in [0.717, 1.165) is 6.42 Å². The molecule has 1 unspecified atom stereocenters. The summed E-state index contributed by atoms with van der Waals surface area (Å²) in [5.74, 6) is 0. The highest BCUT2D eigenvalue weighted by Crippen LogP contribution is 2.32. The topological polar surface area (TPSA) is 0 Å². The van der Waals surface area contributed by atoms with Crippen molar-refractivity contribution >= 4 is 49.9 Å². The molecule has 0 saturated carbocycles. The molecule has 0 amide bonds. The fourth-order valence-electron chi connectivity index (χ4n) is 1.64. The Hall–Kier alpha value is 0.130. The summed E-state index contributed by atoms with van der Waals surface area (Å²) in [5, 5.41) is 4.35. The van der Waals surface area contributed by atoms with Crippen molar-refractivity contribution in [1.29, 1.82) is 0 Å². The molecule has 0 aliphatic rings. The van der Waals surface area contributed by atoms with Crippen LogP contribution in [0.2, 0.25) is 0 Å². The standard InChI is InChI=1S/C13H12BrIS/c1-9-3-2-4-11(13(9)15)12(14)7-10-5-6-16-8-10/h2-6,8,12H,7H2,1H3. The van der Waals surface area contributed by atoms with E-state index in [0.29, 0.717) is 4.83 Å². The molecule has 1 aromatic carbocycles. The van der Waals surface area contributed by atoms with E-state index in [1.807, 2.05) is 0 Å². The Balaban J connectivity index is 2.21. The van der Waals surface area contributed by atoms with Crippen molar-refractivity contribution < 1.29 is 0 Å². The van der Waals surface area contributed by atoms with Crippen LogP contribution in [0.4, 0.5) is 0 Å². The van der Waals surface area contributed by atoms with Gasteiger partial charge < -0.3 is 0 Å². The SMILES string of the molecule is Cc1cccc(C(Br)Cc2ccsc2)c1I. The number of benzene rings is 1. The summed E-state index contributed by atoms with van der Waals surface area (Å²) in [6.45, 7) is 2.16. The van der Waals surface area contributed by atoms with Crippen molar-refractivity contribution in [1.82, 2.24) is 0 Å². The fourth-order valence-corrected chi connectivity index (χ4v) is 4.24. The van der Waals surface area contributed by atoms with Gasteiger partial charge in [0, 0.05) is 8.40 Å². The Morgan fingerprint density at radius 1 is 1.38 bits per heavy atom. The molecule has 0 aliphatic heterocycles. The van der Waals surface area contributed by atoms with Crippen LogP contribution in [0, 0.1) is 10.5 Å². The van der Waals surface area contributed by atoms with Crippen LogP contribution in [0.1, 0.15) is 21.5 Å². The summed E-state index contributed by atoms with van der Waals surface area (Å²) in [5.41, 5.74) is 4.16. The Morgan fingerprint density at radius 3 is 2.88 bits per heavy atom. The molecular weight excluding hydrogens is 395 g/mol. The molecule has 0 nitrogen and oxygen atoms in total. The van der Waals surface area contributed by atoms with Crippen molar-refractivity contribution in [2.45, 2.75) is 18.2 Å². The van der Waals surface area contributed by atoms with E-state index in [-0.39, 0.29) is 0 Å². The van der Waals surface area contributed by atoms with Gasteiger partial charge >= 0.3 is 0 Å². The van der Waals surface area contributed by atoms with E-state index in [1.54, 1.807) is 11.3 Å². The molecule has 0 radical (unpaired) electrons. The molecule has 0 bridgehead atoms. The van der Waals surface area contributed by atoms with Gasteiger partial charge in [-0.25, -0.2) is 0 Å². The highest BCUT2D eigenvalue weighted by molar-refractivity contribution is 14.1. The quantitative estimate of drug-likeness (QED) is 0.476. The van der Waals surface area contributed by atoms with Crippen molar-refractivity contribution in [3.05, 3.63) is 55.3 Å². The van der Waals surface area contributed by atoms with Gasteiger partial charge in [0.05, 0.1) is 0 Å². The lowest BCUT2D eigenvalue weighted by molar-refractivity contribution is 0.945. The van der Waals surface area contributed by atoms with E-state index in [9.17, 15) is 0 Å². The third-order valence-electron chi connectivity index (χ3n) is 2.55. The van der Waals surface area contributed by atoms with Crippen LogP contribution in [0.15, 0.2) is 35.0 Å². The Kier molecular flexibility index (Phi) is 4.44. The van der Waals surface area contributed by atoms with Gasteiger partial charge in [-0.05, 0) is 69.5 Å². The highest BCUT2D eigenvalue weighted by Gasteiger charge is 2.12. The van der Waals surface area contributed by atoms with Crippen molar-refractivity contribution in [3.63, 3.8) is 0 Å². The molecule has 0 saturated heterocycles. The van der Waals surface area contributed by atoms with Gasteiger partial charge in [-0.3, -0.25) is 0 Å². The number of alkyl halides is 1. The third-order valence-corrected chi connectivity index (χ3v) is 5.58. The molecule has 1 heterocycles. The van der Waals surface area contributed by atoms with Gasteiger partial charge in [0.2, 0.25) is 0 Å². The molecule has 84 valence electrons. The van der Waals surface area contributed by atoms with Gasteiger partial charge in [-0.1, -0.05) is 34.1 Å². The monoisotopic (exact) mass is 406 g/mol. The number of hydrogen-bond donors (Lipinski definition) is 0. The summed E-state index contributed by atoms with van der Waals surface area (Å²) in [6.07, 6.45) is 1.06. The molecular formula is C13H12BrIS. The summed E-state index contributed by atoms with van der Waals surface area (Å²) in [4.78, 5) is 0.411. The normalized spacial score (nSPS) is 12.7. The van der Waals surface area contributed by atoms with Gasteiger partial charge in [0.15, 0.2) is 0 Å². The van der Waals surface area contributed by atoms with Crippen molar-refractivity contribution in [2.75, 3.05) is 0 Å². The average molecular weight is 407 g/mol. The number of rotatable bonds is 3. The minimum absolute atomic E-state index is 0.411. The van der Waals surface area contributed by atoms with Crippen LogP contribution in [0.3, 0.4) is 0 Å². The Morgan fingerprint density at radius 2 is 2.19 bits per heavy atom. The summed E-state index contributed by atoms with van der Waals surface area (Å²) < 4.78 is 1.37. The summed E-state index contributed by atoms with van der Waals surface area (Å²) >= 11 is 7.99. The van der Waals surface area contributed by atoms with Crippen LogP contribution in [0.5, 0.6) is 0 Å². The molecule has 1 aromatic heterocycles. The second-order valence-electron chi connectivity index (χ2n) is 3.78. The highest BCUT2D eigenvalue weighted by atomic mass is 127. The second-order valence-corrected chi connectivity index (χ2v) is 6.75.